The van der Waals surface area contributed by atoms with Crippen LogP contribution in [0.2, 0.25) is 0 Å². The summed E-state index contributed by atoms with van der Waals surface area (Å²) in [5.41, 5.74) is 0.880. The third kappa shape index (κ3) is 4.46. The van der Waals surface area contributed by atoms with Crippen molar-refractivity contribution in [1.29, 1.82) is 0 Å². The first kappa shape index (κ1) is 11.5. The first-order chi connectivity index (χ1) is 7.01. The van der Waals surface area contributed by atoms with Crippen LogP contribution in [0.5, 0.6) is 0 Å². The number of hydrogen-bond acceptors (Lipinski definition) is 5. The fraction of sp³-hybridized carbons (Fsp3) is 0.222. The molecular weight excluding hydrogens is 216 g/mol. The molecule has 1 aromatic rings. The van der Waals surface area contributed by atoms with E-state index in [0.29, 0.717) is 0 Å². The van der Waals surface area contributed by atoms with Crippen molar-refractivity contribution in [2.24, 2.45) is 10.9 Å². The van der Waals surface area contributed by atoms with E-state index < -0.39 is 10.1 Å². The number of benzene rings is 1. The van der Waals surface area contributed by atoms with E-state index in [-0.39, 0.29) is 12.3 Å². The zero-order valence-corrected chi connectivity index (χ0v) is 9.07. The van der Waals surface area contributed by atoms with Gasteiger partial charge in [0.25, 0.3) is 0 Å². The molecule has 0 bridgehead atoms. The third-order valence-corrected chi connectivity index (χ3v) is 2.08. The molecule has 0 aromatic heterocycles. The molecule has 0 fully saturated rings. The molecule has 0 heterocycles. The van der Waals surface area contributed by atoms with E-state index in [9.17, 15) is 8.42 Å². The maximum Gasteiger partial charge on any atom is 0.307 e. The van der Waals surface area contributed by atoms with Gasteiger partial charge in [-0.15, -0.1) is 5.10 Å². The van der Waals surface area contributed by atoms with Gasteiger partial charge in [-0.05, 0) is 5.56 Å². The van der Waals surface area contributed by atoms with Crippen molar-refractivity contribution in [1.82, 2.24) is 0 Å². The van der Waals surface area contributed by atoms with Crippen LogP contribution >= 0.6 is 0 Å². The third-order valence-electron chi connectivity index (χ3n) is 1.59. The molecule has 0 saturated heterocycles. The minimum Gasteiger partial charge on any atom is -0.365 e. The highest BCUT2D eigenvalue weighted by Crippen LogP contribution is 2.03. The Morgan fingerprint density at radius 3 is 2.47 bits per heavy atom. The van der Waals surface area contributed by atoms with Crippen molar-refractivity contribution >= 4 is 16.0 Å². The average molecular weight is 228 g/mol. The van der Waals surface area contributed by atoms with E-state index in [2.05, 4.69) is 9.28 Å². The van der Waals surface area contributed by atoms with Crippen LogP contribution in [-0.2, 0) is 20.7 Å². The molecule has 0 radical (unpaired) electrons. The Labute approximate surface area is 88.7 Å². The zero-order valence-electron chi connectivity index (χ0n) is 8.25. The van der Waals surface area contributed by atoms with Gasteiger partial charge in [-0.25, -0.2) is 0 Å². The monoisotopic (exact) mass is 228 g/mol. The molecule has 0 atom stereocenters. The summed E-state index contributed by atoms with van der Waals surface area (Å²) in [6, 6.07) is 9.20. The quantitative estimate of drug-likeness (QED) is 0.268. The molecule has 15 heavy (non-hydrogen) atoms. The summed E-state index contributed by atoms with van der Waals surface area (Å²) in [4.78, 5) is 0. The van der Waals surface area contributed by atoms with Gasteiger partial charge in [0.1, 0.15) is 0 Å². The predicted octanol–water partition coefficient (Wildman–Crippen LogP) is 0.478. The first-order valence-corrected chi connectivity index (χ1v) is 6.03. The average Bonchev–Trinajstić information content (AvgIpc) is 2.16. The smallest absolute Gasteiger partial charge is 0.307 e. The van der Waals surface area contributed by atoms with Gasteiger partial charge in [0, 0.05) is 0 Å². The lowest BCUT2D eigenvalue weighted by atomic mass is 10.1. The van der Waals surface area contributed by atoms with Gasteiger partial charge in [0.2, 0.25) is 5.90 Å². The number of nitrogens with zero attached hydrogens (tertiary/aromatic N) is 1. The Morgan fingerprint density at radius 2 is 2.00 bits per heavy atom. The van der Waals surface area contributed by atoms with Gasteiger partial charge >= 0.3 is 10.1 Å². The van der Waals surface area contributed by atoms with E-state index in [1.807, 2.05) is 30.3 Å². The summed E-state index contributed by atoms with van der Waals surface area (Å²) >= 11 is 0. The van der Waals surface area contributed by atoms with E-state index in [4.69, 9.17) is 5.84 Å². The number of nitrogens with two attached hydrogens (primary N) is 1. The summed E-state index contributed by atoms with van der Waals surface area (Å²) < 4.78 is 26.3. The van der Waals surface area contributed by atoms with Crippen LogP contribution in [-0.4, -0.2) is 20.6 Å². The van der Waals surface area contributed by atoms with Crippen LogP contribution in [0.15, 0.2) is 35.4 Å². The van der Waals surface area contributed by atoms with E-state index in [0.717, 1.165) is 11.8 Å². The zero-order chi connectivity index (χ0) is 11.3. The maximum absolute atomic E-state index is 10.8. The molecule has 0 saturated carbocycles. The Bertz CT molecular complexity index is 440. The topological polar surface area (TPSA) is 81.8 Å². The molecule has 0 amide bonds. The predicted molar refractivity (Wildman–Crippen MR) is 57.7 cm³/mol. The minimum atomic E-state index is -3.57. The Balaban J connectivity index is 2.72. The van der Waals surface area contributed by atoms with Gasteiger partial charge in [-0.2, -0.15) is 8.42 Å². The highest BCUT2D eigenvalue weighted by molar-refractivity contribution is 7.86. The van der Waals surface area contributed by atoms with Crippen LogP contribution in [0.4, 0.5) is 0 Å². The molecule has 5 nitrogen and oxygen atoms in total. The van der Waals surface area contributed by atoms with Gasteiger partial charge in [0.05, 0.1) is 12.7 Å². The molecular formula is C9H12N2O3S. The Hall–Kier alpha value is -1.56. The Morgan fingerprint density at radius 1 is 1.40 bits per heavy atom. The van der Waals surface area contributed by atoms with Crippen molar-refractivity contribution in [3.05, 3.63) is 35.9 Å². The summed E-state index contributed by atoms with van der Waals surface area (Å²) in [7, 11) is -3.57. The van der Waals surface area contributed by atoms with Crippen molar-refractivity contribution in [2.75, 3.05) is 6.26 Å². The minimum absolute atomic E-state index is 0.0244. The molecule has 0 aliphatic carbocycles. The van der Waals surface area contributed by atoms with Crippen LogP contribution in [0.3, 0.4) is 0 Å². The Kier molecular flexibility index (Phi) is 3.68. The molecule has 1 rings (SSSR count). The molecule has 0 unspecified atom stereocenters. The molecule has 1 aromatic carbocycles. The second kappa shape index (κ2) is 4.79. The molecule has 82 valence electrons. The van der Waals surface area contributed by atoms with Crippen molar-refractivity contribution in [3.63, 3.8) is 0 Å². The van der Waals surface area contributed by atoms with Crippen LogP contribution in [0, 0.1) is 0 Å². The van der Waals surface area contributed by atoms with Gasteiger partial charge in [0.15, 0.2) is 0 Å². The second-order valence-electron chi connectivity index (χ2n) is 2.97. The highest BCUT2D eigenvalue weighted by atomic mass is 32.2. The van der Waals surface area contributed by atoms with Crippen molar-refractivity contribution in [3.8, 4) is 0 Å². The van der Waals surface area contributed by atoms with Gasteiger partial charge in [-0.1, -0.05) is 30.3 Å². The van der Waals surface area contributed by atoms with Crippen LogP contribution < -0.4 is 5.84 Å². The molecule has 0 aliphatic heterocycles. The van der Waals surface area contributed by atoms with Crippen molar-refractivity contribution in [2.45, 2.75) is 6.42 Å². The highest BCUT2D eigenvalue weighted by Gasteiger charge is 2.09. The van der Waals surface area contributed by atoms with Crippen molar-refractivity contribution < 1.29 is 12.6 Å². The molecule has 0 spiro atoms. The van der Waals surface area contributed by atoms with E-state index >= 15 is 0 Å². The molecule has 6 heteroatoms. The first-order valence-electron chi connectivity index (χ1n) is 4.21. The normalized spacial score (nSPS) is 12.5. The van der Waals surface area contributed by atoms with Crippen LogP contribution in [0.25, 0.3) is 0 Å². The number of hydrogen-bond donors (Lipinski definition) is 1. The number of rotatable bonds is 3. The van der Waals surface area contributed by atoms with Gasteiger partial charge in [-0.3, -0.25) is 0 Å². The number of hydrazone groups is 1. The lowest BCUT2D eigenvalue weighted by Crippen LogP contribution is -2.15. The van der Waals surface area contributed by atoms with Gasteiger partial charge < -0.3 is 10.0 Å². The maximum atomic E-state index is 10.8. The van der Waals surface area contributed by atoms with E-state index in [1.54, 1.807) is 0 Å². The second-order valence-corrected chi connectivity index (χ2v) is 4.55. The molecule has 2 N–H and O–H groups in total. The fourth-order valence-electron chi connectivity index (χ4n) is 1.04. The van der Waals surface area contributed by atoms with Crippen LogP contribution in [0.1, 0.15) is 5.56 Å². The van der Waals surface area contributed by atoms with E-state index in [1.165, 1.54) is 0 Å². The molecule has 0 aliphatic rings. The fourth-order valence-corrected chi connectivity index (χ4v) is 1.49. The summed E-state index contributed by atoms with van der Waals surface area (Å²) in [6.45, 7) is 0. The lowest BCUT2D eigenvalue weighted by Gasteiger charge is -2.05. The largest absolute Gasteiger partial charge is 0.365 e. The summed E-state index contributed by atoms with van der Waals surface area (Å²) in [5.74, 6) is 5.00. The summed E-state index contributed by atoms with van der Waals surface area (Å²) in [6.07, 6.45) is 1.20. The standard InChI is InChI=1S/C9H12N2O3S/c1-15(12,13)14-9(11-10)7-8-5-3-2-4-6-8/h2-6H,7,10H2,1H3. The summed E-state index contributed by atoms with van der Waals surface area (Å²) in [5, 5.41) is 3.28. The lowest BCUT2D eigenvalue weighted by molar-refractivity contribution is 0.482. The SMILES string of the molecule is CS(=O)(=O)OC(Cc1ccccc1)=NN.